The van der Waals surface area contributed by atoms with Gasteiger partial charge < -0.3 is 14.2 Å². The second-order valence-corrected chi connectivity index (χ2v) is 6.30. The lowest BCUT2D eigenvalue weighted by Crippen LogP contribution is -2.15. The summed E-state index contributed by atoms with van der Waals surface area (Å²) in [6.45, 7) is 0.741. The summed E-state index contributed by atoms with van der Waals surface area (Å²) in [5.74, 6) is 3.34. The maximum atomic E-state index is 5.39. The average molecular weight is 361 g/mol. The van der Waals surface area contributed by atoms with Gasteiger partial charge in [0.25, 0.3) is 0 Å². The molecule has 2 aromatic rings. The first-order chi connectivity index (χ1) is 13.2. The summed E-state index contributed by atoms with van der Waals surface area (Å²) in [7, 11) is 4.99. The Bertz CT molecular complexity index is 976. The monoisotopic (exact) mass is 361 g/mol. The summed E-state index contributed by atoms with van der Waals surface area (Å²) in [6, 6.07) is 13.9. The van der Waals surface area contributed by atoms with Gasteiger partial charge in [0, 0.05) is 23.3 Å². The molecular formula is C22H21N2O3+. The van der Waals surface area contributed by atoms with Gasteiger partial charge in [0.05, 0.1) is 21.3 Å². The van der Waals surface area contributed by atoms with Crippen LogP contribution in [0.5, 0.6) is 17.2 Å². The normalized spacial score (nSPS) is 15.2. The minimum Gasteiger partial charge on any atom is -0.497 e. The Balaban J connectivity index is 1.60. The van der Waals surface area contributed by atoms with Gasteiger partial charge >= 0.3 is 5.82 Å². The highest BCUT2D eigenvalue weighted by atomic mass is 16.5. The molecule has 5 heteroatoms. The van der Waals surface area contributed by atoms with Gasteiger partial charge in [0.1, 0.15) is 30.0 Å². The molecule has 27 heavy (non-hydrogen) atoms. The van der Waals surface area contributed by atoms with Crippen molar-refractivity contribution in [1.82, 2.24) is 0 Å². The maximum Gasteiger partial charge on any atom is 0.324 e. The van der Waals surface area contributed by atoms with Crippen LogP contribution < -0.4 is 14.2 Å². The molecule has 0 aliphatic carbocycles. The number of fused-ring (bicyclic) bond motifs is 1. The largest absolute Gasteiger partial charge is 0.497 e. The van der Waals surface area contributed by atoms with E-state index in [0.717, 1.165) is 46.5 Å². The minimum atomic E-state index is 0.741. The average Bonchev–Trinajstić information content (AvgIpc) is 3.16. The Hall–Kier alpha value is -3.34. The van der Waals surface area contributed by atoms with Crippen LogP contribution in [0.3, 0.4) is 0 Å². The van der Waals surface area contributed by atoms with E-state index in [-0.39, 0.29) is 0 Å². The number of nitrogens with zero attached hydrogens (tertiary/aromatic N) is 2. The van der Waals surface area contributed by atoms with Gasteiger partial charge in [-0.3, -0.25) is 0 Å². The molecule has 0 fully saturated rings. The van der Waals surface area contributed by atoms with Crippen molar-refractivity contribution in [3.05, 3.63) is 71.6 Å². The van der Waals surface area contributed by atoms with Crippen molar-refractivity contribution >= 4 is 17.5 Å². The summed E-state index contributed by atoms with van der Waals surface area (Å²) in [5, 5.41) is 0. The summed E-state index contributed by atoms with van der Waals surface area (Å²) >= 11 is 0. The van der Waals surface area contributed by atoms with Crippen molar-refractivity contribution in [3.63, 3.8) is 0 Å². The van der Waals surface area contributed by atoms with Crippen molar-refractivity contribution in [2.24, 2.45) is 4.99 Å². The predicted molar refractivity (Wildman–Crippen MR) is 106 cm³/mol. The molecule has 5 nitrogen and oxygen atoms in total. The molecule has 0 radical (unpaired) electrons. The number of benzene rings is 2. The summed E-state index contributed by atoms with van der Waals surface area (Å²) in [4.78, 5) is 4.74. The predicted octanol–water partition coefficient (Wildman–Crippen LogP) is 3.54. The Morgan fingerprint density at radius 1 is 0.778 bits per heavy atom. The smallest absolute Gasteiger partial charge is 0.324 e. The first-order valence-corrected chi connectivity index (χ1v) is 8.69. The van der Waals surface area contributed by atoms with Crippen molar-refractivity contribution in [2.45, 2.75) is 0 Å². The van der Waals surface area contributed by atoms with Crippen LogP contribution in [-0.4, -0.2) is 44.4 Å². The third-order valence-electron chi connectivity index (χ3n) is 4.69. The molecule has 0 unspecified atom stereocenters. The first-order valence-electron chi connectivity index (χ1n) is 8.69. The van der Waals surface area contributed by atoms with E-state index in [1.54, 1.807) is 21.3 Å². The van der Waals surface area contributed by atoms with Crippen molar-refractivity contribution < 1.29 is 18.8 Å². The van der Waals surface area contributed by atoms with E-state index < -0.39 is 0 Å². The number of allylic oxidation sites excluding steroid dienone is 2. The molecule has 0 spiro atoms. The Morgan fingerprint density at radius 2 is 1.44 bits per heavy atom. The minimum absolute atomic E-state index is 0.741. The fraction of sp³-hybridized carbons (Fsp3) is 0.182. The lowest BCUT2D eigenvalue weighted by molar-refractivity contribution is -0.455. The quantitative estimate of drug-likeness (QED) is 0.765. The molecule has 0 bridgehead atoms. The van der Waals surface area contributed by atoms with Crippen molar-refractivity contribution in [1.29, 1.82) is 0 Å². The molecule has 0 saturated heterocycles. The number of rotatable bonds is 5. The van der Waals surface area contributed by atoms with Gasteiger partial charge in [-0.1, -0.05) is 0 Å². The zero-order valence-electron chi connectivity index (χ0n) is 15.6. The van der Waals surface area contributed by atoms with Crippen LogP contribution in [0.15, 0.2) is 65.4 Å². The van der Waals surface area contributed by atoms with E-state index >= 15 is 0 Å². The van der Waals surface area contributed by atoms with Crippen LogP contribution in [0.2, 0.25) is 0 Å². The van der Waals surface area contributed by atoms with E-state index in [9.17, 15) is 0 Å². The molecule has 0 atom stereocenters. The van der Waals surface area contributed by atoms with Crippen molar-refractivity contribution in [3.8, 4) is 17.2 Å². The maximum absolute atomic E-state index is 5.39. The third kappa shape index (κ3) is 3.36. The van der Waals surface area contributed by atoms with E-state index in [4.69, 9.17) is 19.2 Å². The van der Waals surface area contributed by atoms with E-state index in [0.29, 0.717) is 0 Å². The molecule has 0 aromatic heterocycles. The van der Waals surface area contributed by atoms with Gasteiger partial charge in [-0.15, -0.1) is 0 Å². The molecule has 0 saturated carbocycles. The van der Waals surface area contributed by atoms with Crippen LogP contribution in [0, 0.1) is 0 Å². The van der Waals surface area contributed by atoms with Crippen LogP contribution in [0.4, 0.5) is 0 Å². The Kier molecular flexibility index (Phi) is 4.50. The second-order valence-electron chi connectivity index (χ2n) is 6.30. The zero-order chi connectivity index (χ0) is 18.8. The molecule has 0 N–H and O–H groups in total. The summed E-state index contributed by atoms with van der Waals surface area (Å²) < 4.78 is 18.2. The van der Waals surface area contributed by atoms with Gasteiger partial charge in [0.2, 0.25) is 5.71 Å². The lowest BCUT2D eigenvalue weighted by Gasteiger charge is -2.13. The number of hydrogen-bond acceptors (Lipinski definition) is 4. The Labute approximate surface area is 158 Å². The standard InChI is InChI=1S/C22H21N2O3/c1-25-18-7-4-15(5-8-18)21-14-24-13-16(6-9-22(24)23-21)17-10-19(26-2)12-20(11-17)27-3/h4-12,14H,13H2,1-3H3/q+1. The van der Waals surface area contributed by atoms with E-state index in [1.807, 2.05) is 48.5 Å². The summed E-state index contributed by atoms with van der Waals surface area (Å²) in [5.41, 5.74) is 4.27. The number of ether oxygens (including phenoxy) is 3. The number of hydrogen-bond donors (Lipinski definition) is 0. The highest BCUT2D eigenvalue weighted by molar-refractivity contribution is 6.37. The van der Waals surface area contributed by atoms with Crippen LogP contribution >= 0.6 is 0 Å². The lowest BCUT2D eigenvalue weighted by atomic mass is 10.0. The van der Waals surface area contributed by atoms with Gasteiger partial charge in [0.15, 0.2) is 0 Å². The van der Waals surface area contributed by atoms with Gasteiger partial charge in [-0.25, -0.2) is 4.58 Å². The second kappa shape index (κ2) is 7.11. The van der Waals surface area contributed by atoms with E-state index in [2.05, 4.69) is 16.9 Å². The Morgan fingerprint density at radius 3 is 2.07 bits per heavy atom. The van der Waals surface area contributed by atoms with Crippen LogP contribution in [0.25, 0.3) is 5.57 Å². The first kappa shape index (κ1) is 17.1. The number of methoxy groups -OCH3 is 3. The molecule has 2 aliphatic rings. The van der Waals surface area contributed by atoms with Crippen LogP contribution in [-0.2, 0) is 0 Å². The molecule has 4 rings (SSSR count). The third-order valence-corrected chi connectivity index (χ3v) is 4.69. The molecule has 136 valence electrons. The fourth-order valence-electron chi connectivity index (χ4n) is 3.18. The van der Waals surface area contributed by atoms with Crippen LogP contribution in [0.1, 0.15) is 11.1 Å². The van der Waals surface area contributed by atoms with E-state index in [1.165, 1.54) is 5.57 Å². The highest BCUT2D eigenvalue weighted by Crippen LogP contribution is 2.30. The SMILES string of the molecule is COc1ccc(C2=NC3=CC=C(c4cc(OC)cc(OC)c4)C[N+]3=C2)cc1. The van der Waals surface area contributed by atoms with Gasteiger partial charge in [-0.2, -0.15) is 0 Å². The number of aliphatic imine (C=N–C) groups is 1. The summed E-state index contributed by atoms with van der Waals surface area (Å²) in [6.07, 6.45) is 6.23. The molecular weight excluding hydrogens is 340 g/mol. The highest BCUT2D eigenvalue weighted by Gasteiger charge is 2.28. The van der Waals surface area contributed by atoms with Crippen molar-refractivity contribution in [2.75, 3.05) is 27.9 Å². The van der Waals surface area contributed by atoms with Gasteiger partial charge in [-0.05, 0) is 53.0 Å². The zero-order valence-corrected chi connectivity index (χ0v) is 15.6. The molecule has 2 aliphatic heterocycles. The molecule has 2 aromatic carbocycles. The molecule has 0 amide bonds. The molecule has 2 heterocycles. The topological polar surface area (TPSA) is 43.1 Å². The fourth-order valence-corrected chi connectivity index (χ4v) is 3.18.